The molecule has 0 radical (unpaired) electrons. The molecule has 2 aliphatic rings. The third kappa shape index (κ3) is 1.53. The van der Waals surface area contributed by atoms with E-state index in [2.05, 4.69) is 4.90 Å². The van der Waals surface area contributed by atoms with E-state index in [0.29, 0.717) is 0 Å². The molecule has 2 fully saturated rings. The van der Waals surface area contributed by atoms with Gasteiger partial charge in [0.05, 0.1) is 6.10 Å². The lowest BCUT2D eigenvalue weighted by atomic mass is 9.98. The maximum atomic E-state index is 10.9. The van der Waals surface area contributed by atoms with Gasteiger partial charge in [-0.05, 0) is 32.6 Å². The molecule has 3 unspecified atom stereocenters. The number of aliphatic hydroxyl groups excluding tert-OH is 1. The van der Waals surface area contributed by atoms with E-state index in [1.54, 1.807) is 6.92 Å². The number of aliphatic carboxylic acids is 1. The molecule has 2 rings (SSSR count). The number of nitrogens with zero attached hydrogens (tertiary/aromatic N) is 1. The van der Waals surface area contributed by atoms with Crippen molar-refractivity contribution < 1.29 is 15.0 Å². The second kappa shape index (κ2) is 3.51. The number of carboxylic acid groups (broad SMARTS) is 1. The molecule has 80 valence electrons. The van der Waals surface area contributed by atoms with Crippen molar-refractivity contribution in [3.05, 3.63) is 0 Å². The highest BCUT2D eigenvalue weighted by Crippen LogP contribution is 2.37. The summed E-state index contributed by atoms with van der Waals surface area (Å²) in [5.41, 5.74) is 0. The number of piperidine rings is 1. The zero-order chi connectivity index (χ0) is 10.3. The summed E-state index contributed by atoms with van der Waals surface area (Å²) >= 11 is 0. The molecule has 0 aromatic rings. The maximum Gasteiger partial charge on any atom is 0.320 e. The van der Waals surface area contributed by atoms with Crippen LogP contribution < -0.4 is 0 Å². The molecular weight excluding hydrogens is 182 g/mol. The van der Waals surface area contributed by atoms with Crippen LogP contribution in [0.5, 0.6) is 0 Å². The van der Waals surface area contributed by atoms with E-state index in [0.717, 1.165) is 25.7 Å². The maximum absolute atomic E-state index is 10.9. The summed E-state index contributed by atoms with van der Waals surface area (Å²) in [7, 11) is 0. The summed E-state index contributed by atoms with van der Waals surface area (Å²) in [4.78, 5) is 13.0. The van der Waals surface area contributed by atoms with Crippen molar-refractivity contribution in [2.75, 3.05) is 0 Å². The second-order valence-corrected chi connectivity index (χ2v) is 4.47. The van der Waals surface area contributed by atoms with E-state index in [9.17, 15) is 9.90 Å². The summed E-state index contributed by atoms with van der Waals surface area (Å²) in [5.74, 6) is -0.752. The standard InChI is InChI=1S/C10H17NO3/c1-6(10(13)14)11-7-2-3-8(11)5-9(12)4-7/h6-9,12H,2-5H2,1H3,(H,13,14). The molecule has 2 saturated heterocycles. The Morgan fingerprint density at radius 3 is 2.29 bits per heavy atom. The van der Waals surface area contributed by atoms with Crippen molar-refractivity contribution in [3.8, 4) is 0 Å². The summed E-state index contributed by atoms with van der Waals surface area (Å²) < 4.78 is 0. The molecule has 0 aromatic carbocycles. The first-order valence-electron chi connectivity index (χ1n) is 5.28. The van der Waals surface area contributed by atoms with Crippen molar-refractivity contribution in [2.45, 2.75) is 56.8 Å². The van der Waals surface area contributed by atoms with Crippen LogP contribution in [0.3, 0.4) is 0 Å². The van der Waals surface area contributed by atoms with Gasteiger partial charge in [-0.3, -0.25) is 9.69 Å². The number of hydrogen-bond donors (Lipinski definition) is 2. The minimum Gasteiger partial charge on any atom is -0.480 e. The summed E-state index contributed by atoms with van der Waals surface area (Å²) in [6.45, 7) is 1.74. The van der Waals surface area contributed by atoms with Crippen LogP contribution in [0.1, 0.15) is 32.6 Å². The monoisotopic (exact) mass is 199 g/mol. The number of carbonyl (C=O) groups is 1. The lowest BCUT2D eigenvalue weighted by Crippen LogP contribution is -2.51. The SMILES string of the molecule is CC(C(=O)O)N1C2CCC1CC(O)C2. The topological polar surface area (TPSA) is 60.8 Å². The number of aliphatic hydroxyl groups is 1. The fourth-order valence-corrected chi connectivity index (χ4v) is 2.94. The van der Waals surface area contributed by atoms with E-state index < -0.39 is 12.0 Å². The van der Waals surface area contributed by atoms with Crippen molar-refractivity contribution >= 4 is 5.97 Å². The molecule has 2 aliphatic heterocycles. The fourth-order valence-electron chi connectivity index (χ4n) is 2.94. The quantitative estimate of drug-likeness (QED) is 0.677. The summed E-state index contributed by atoms with van der Waals surface area (Å²) in [6.07, 6.45) is 3.35. The van der Waals surface area contributed by atoms with Crippen molar-refractivity contribution in [1.82, 2.24) is 4.90 Å². The first kappa shape index (κ1) is 9.93. The van der Waals surface area contributed by atoms with Crippen LogP contribution >= 0.6 is 0 Å². The van der Waals surface area contributed by atoms with Crippen LogP contribution in [0.4, 0.5) is 0 Å². The Morgan fingerprint density at radius 1 is 1.36 bits per heavy atom. The minimum atomic E-state index is -0.752. The van der Waals surface area contributed by atoms with E-state index in [-0.39, 0.29) is 18.2 Å². The number of hydrogen-bond acceptors (Lipinski definition) is 3. The predicted octanol–water partition coefficient (Wildman–Crippen LogP) is 0.447. The highest BCUT2D eigenvalue weighted by atomic mass is 16.4. The van der Waals surface area contributed by atoms with Crippen LogP contribution in [0.15, 0.2) is 0 Å². The summed E-state index contributed by atoms with van der Waals surface area (Å²) in [6, 6.07) is 0.171. The van der Waals surface area contributed by atoms with Gasteiger partial charge in [0, 0.05) is 12.1 Å². The molecule has 2 bridgehead atoms. The Bertz CT molecular complexity index is 230. The van der Waals surface area contributed by atoms with Crippen LogP contribution in [0.25, 0.3) is 0 Å². The summed E-state index contributed by atoms with van der Waals surface area (Å²) in [5, 5.41) is 18.5. The molecule has 2 heterocycles. The molecule has 0 saturated carbocycles. The van der Waals surface area contributed by atoms with Crippen LogP contribution in [0, 0.1) is 0 Å². The lowest BCUT2D eigenvalue weighted by Gasteiger charge is -2.39. The Labute approximate surface area is 83.5 Å². The fraction of sp³-hybridized carbons (Fsp3) is 0.900. The average Bonchev–Trinajstić information content (AvgIpc) is 2.37. The van der Waals surface area contributed by atoms with Crippen LogP contribution in [-0.4, -0.2) is 45.3 Å². The van der Waals surface area contributed by atoms with Gasteiger partial charge in [0.2, 0.25) is 0 Å². The molecule has 0 aliphatic carbocycles. The molecule has 3 atom stereocenters. The van der Waals surface area contributed by atoms with Gasteiger partial charge < -0.3 is 10.2 Å². The van der Waals surface area contributed by atoms with Gasteiger partial charge in [-0.1, -0.05) is 0 Å². The third-order valence-corrected chi connectivity index (χ3v) is 3.57. The molecule has 0 amide bonds. The van der Waals surface area contributed by atoms with Gasteiger partial charge in [0.25, 0.3) is 0 Å². The van der Waals surface area contributed by atoms with Gasteiger partial charge in [-0.2, -0.15) is 0 Å². The Morgan fingerprint density at radius 2 is 1.86 bits per heavy atom. The molecule has 4 heteroatoms. The van der Waals surface area contributed by atoms with Gasteiger partial charge >= 0.3 is 5.97 Å². The molecule has 4 nitrogen and oxygen atoms in total. The van der Waals surface area contributed by atoms with Gasteiger partial charge in [0.1, 0.15) is 6.04 Å². The van der Waals surface area contributed by atoms with E-state index in [4.69, 9.17) is 5.11 Å². The smallest absolute Gasteiger partial charge is 0.320 e. The van der Waals surface area contributed by atoms with Gasteiger partial charge in [-0.25, -0.2) is 0 Å². The zero-order valence-electron chi connectivity index (χ0n) is 8.39. The Balaban J connectivity index is 2.11. The minimum absolute atomic E-state index is 0.218. The molecular formula is C10H17NO3. The van der Waals surface area contributed by atoms with Gasteiger partial charge in [-0.15, -0.1) is 0 Å². The Hall–Kier alpha value is -0.610. The predicted molar refractivity (Wildman–Crippen MR) is 51.0 cm³/mol. The number of carboxylic acids is 1. The van der Waals surface area contributed by atoms with Crippen molar-refractivity contribution in [2.24, 2.45) is 0 Å². The van der Waals surface area contributed by atoms with E-state index in [1.165, 1.54) is 0 Å². The first-order chi connectivity index (χ1) is 6.59. The molecule has 0 aromatic heterocycles. The zero-order valence-corrected chi connectivity index (χ0v) is 8.39. The second-order valence-electron chi connectivity index (χ2n) is 4.47. The number of fused-ring (bicyclic) bond motifs is 2. The van der Waals surface area contributed by atoms with Crippen LogP contribution in [0.2, 0.25) is 0 Å². The average molecular weight is 199 g/mol. The third-order valence-electron chi connectivity index (χ3n) is 3.57. The highest BCUT2D eigenvalue weighted by Gasteiger charge is 2.43. The molecule has 14 heavy (non-hydrogen) atoms. The van der Waals surface area contributed by atoms with Crippen molar-refractivity contribution in [3.63, 3.8) is 0 Å². The van der Waals surface area contributed by atoms with E-state index >= 15 is 0 Å². The number of rotatable bonds is 2. The van der Waals surface area contributed by atoms with E-state index in [1.807, 2.05) is 0 Å². The first-order valence-corrected chi connectivity index (χ1v) is 5.28. The van der Waals surface area contributed by atoms with Crippen molar-refractivity contribution in [1.29, 1.82) is 0 Å². The Kier molecular flexibility index (Phi) is 2.49. The largest absolute Gasteiger partial charge is 0.480 e. The highest BCUT2D eigenvalue weighted by molar-refractivity contribution is 5.73. The molecule has 0 spiro atoms. The van der Waals surface area contributed by atoms with Crippen LogP contribution in [-0.2, 0) is 4.79 Å². The normalized spacial score (nSPS) is 39.7. The molecule has 2 N–H and O–H groups in total. The lowest BCUT2D eigenvalue weighted by molar-refractivity contribution is -0.145. The van der Waals surface area contributed by atoms with Gasteiger partial charge in [0.15, 0.2) is 0 Å².